The summed E-state index contributed by atoms with van der Waals surface area (Å²) in [7, 11) is 0. The van der Waals surface area contributed by atoms with Crippen LogP contribution in [0.1, 0.15) is 40.5 Å². The normalized spacial score (nSPS) is 19.4. The summed E-state index contributed by atoms with van der Waals surface area (Å²) in [5.74, 6) is 0. The van der Waals surface area contributed by atoms with E-state index in [4.69, 9.17) is 9.47 Å². The SMILES string of the molecule is CCOC(=O)N1CCCC(NNC(=O)OC(C)(C)C)C1. The average molecular weight is 287 g/mol. The fourth-order valence-electron chi connectivity index (χ4n) is 1.94. The Morgan fingerprint density at radius 3 is 2.65 bits per heavy atom. The molecule has 1 rings (SSSR count). The van der Waals surface area contributed by atoms with Crippen molar-refractivity contribution in [2.75, 3.05) is 19.7 Å². The van der Waals surface area contributed by atoms with E-state index >= 15 is 0 Å². The molecule has 0 aliphatic carbocycles. The van der Waals surface area contributed by atoms with Crippen molar-refractivity contribution in [1.29, 1.82) is 0 Å². The lowest BCUT2D eigenvalue weighted by Crippen LogP contribution is -2.54. The van der Waals surface area contributed by atoms with Gasteiger partial charge in [-0.05, 0) is 40.5 Å². The molecule has 0 aromatic heterocycles. The molecule has 1 unspecified atom stereocenters. The van der Waals surface area contributed by atoms with Crippen molar-refractivity contribution in [3.8, 4) is 0 Å². The molecule has 7 heteroatoms. The van der Waals surface area contributed by atoms with E-state index in [1.54, 1.807) is 32.6 Å². The van der Waals surface area contributed by atoms with Crippen LogP contribution in [0.4, 0.5) is 9.59 Å². The van der Waals surface area contributed by atoms with Crippen molar-refractivity contribution in [3.05, 3.63) is 0 Å². The first-order chi connectivity index (χ1) is 9.31. The number of carbonyl (C=O) groups excluding carboxylic acids is 2. The molecule has 1 atom stereocenters. The van der Waals surface area contributed by atoms with Gasteiger partial charge < -0.3 is 14.4 Å². The third-order valence-corrected chi connectivity index (χ3v) is 2.72. The van der Waals surface area contributed by atoms with Crippen LogP contribution in [0.25, 0.3) is 0 Å². The van der Waals surface area contributed by atoms with Crippen molar-refractivity contribution in [3.63, 3.8) is 0 Å². The van der Waals surface area contributed by atoms with Crippen molar-refractivity contribution in [2.45, 2.75) is 52.2 Å². The molecule has 2 N–H and O–H groups in total. The standard InChI is InChI=1S/C13H25N3O4/c1-5-19-12(18)16-8-6-7-10(9-16)14-15-11(17)20-13(2,3)4/h10,14H,5-9H2,1-4H3,(H,15,17). The van der Waals surface area contributed by atoms with E-state index in [-0.39, 0.29) is 12.1 Å². The number of rotatable bonds is 3. The van der Waals surface area contributed by atoms with Crippen LogP contribution in [0.3, 0.4) is 0 Å². The minimum absolute atomic E-state index is 0.000625. The fraction of sp³-hybridized carbons (Fsp3) is 0.846. The highest BCUT2D eigenvalue weighted by molar-refractivity contribution is 5.68. The quantitative estimate of drug-likeness (QED) is 0.771. The van der Waals surface area contributed by atoms with E-state index in [9.17, 15) is 9.59 Å². The summed E-state index contributed by atoms with van der Waals surface area (Å²) in [4.78, 5) is 24.8. The van der Waals surface area contributed by atoms with Crippen LogP contribution in [0.2, 0.25) is 0 Å². The minimum Gasteiger partial charge on any atom is -0.450 e. The summed E-state index contributed by atoms with van der Waals surface area (Å²) in [5.41, 5.74) is 4.87. The molecule has 1 aliphatic rings. The van der Waals surface area contributed by atoms with Gasteiger partial charge in [0.05, 0.1) is 6.61 Å². The first kappa shape index (κ1) is 16.6. The monoisotopic (exact) mass is 287 g/mol. The molecular formula is C13H25N3O4. The number of piperidine rings is 1. The van der Waals surface area contributed by atoms with Gasteiger partial charge in [0.25, 0.3) is 0 Å². The summed E-state index contributed by atoms with van der Waals surface area (Å²) < 4.78 is 10.1. The van der Waals surface area contributed by atoms with Crippen LogP contribution in [0, 0.1) is 0 Å². The van der Waals surface area contributed by atoms with Crippen LogP contribution in [0.15, 0.2) is 0 Å². The molecule has 0 aromatic rings. The molecule has 2 amide bonds. The summed E-state index contributed by atoms with van der Waals surface area (Å²) in [6.07, 6.45) is 0.917. The molecule has 1 heterocycles. The Morgan fingerprint density at radius 1 is 1.35 bits per heavy atom. The van der Waals surface area contributed by atoms with Gasteiger partial charge in [0, 0.05) is 19.1 Å². The lowest BCUT2D eigenvalue weighted by atomic mass is 10.1. The molecule has 0 saturated carbocycles. The maximum atomic E-state index is 11.6. The summed E-state index contributed by atoms with van der Waals surface area (Å²) in [5, 5.41) is 0. The first-order valence-corrected chi connectivity index (χ1v) is 6.98. The molecule has 1 aliphatic heterocycles. The fourth-order valence-corrected chi connectivity index (χ4v) is 1.94. The molecule has 116 valence electrons. The molecule has 0 spiro atoms. The number of amides is 2. The second kappa shape index (κ2) is 7.33. The Balaban J connectivity index is 2.33. The van der Waals surface area contributed by atoms with Gasteiger partial charge in [-0.1, -0.05) is 0 Å². The van der Waals surface area contributed by atoms with Gasteiger partial charge in [-0.25, -0.2) is 15.0 Å². The number of hydrogen-bond acceptors (Lipinski definition) is 5. The van der Waals surface area contributed by atoms with Crippen LogP contribution >= 0.6 is 0 Å². The van der Waals surface area contributed by atoms with E-state index in [0.717, 1.165) is 12.8 Å². The Bertz CT molecular complexity index is 341. The van der Waals surface area contributed by atoms with Crippen LogP contribution in [-0.4, -0.2) is 48.4 Å². The Morgan fingerprint density at radius 2 is 2.05 bits per heavy atom. The number of ether oxygens (including phenoxy) is 2. The van der Waals surface area contributed by atoms with Gasteiger partial charge in [-0.3, -0.25) is 5.43 Å². The lowest BCUT2D eigenvalue weighted by molar-refractivity contribution is 0.0469. The zero-order valence-electron chi connectivity index (χ0n) is 12.7. The molecule has 20 heavy (non-hydrogen) atoms. The highest BCUT2D eigenvalue weighted by Gasteiger charge is 2.25. The van der Waals surface area contributed by atoms with E-state index in [1.807, 2.05) is 0 Å². The van der Waals surface area contributed by atoms with E-state index in [0.29, 0.717) is 19.7 Å². The van der Waals surface area contributed by atoms with Crippen molar-refractivity contribution in [1.82, 2.24) is 15.8 Å². The van der Waals surface area contributed by atoms with Gasteiger partial charge in [0.1, 0.15) is 5.60 Å². The second-order valence-corrected chi connectivity index (χ2v) is 5.76. The number of nitrogens with zero attached hydrogens (tertiary/aromatic N) is 1. The van der Waals surface area contributed by atoms with Gasteiger partial charge in [-0.15, -0.1) is 0 Å². The Labute approximate surface area is 119 Å². The van der Waals surface area contributed by atoms with Gasteiger partial charge in [0.15, 0.2) is 0 Å². The van der Waals surface area contributed by atoms with Crippen LogP contribution < -0.4 is 10.9 Å². The zero-order chi connectivity index (χ0) is 15.2. The number of hydrogen-bond donors (Lipinski definition) is 2. The topological polar surface area (TPSA) is 79.9 Å². The third-order valence-electron chi connectivity index (χ3n) is 2.72. The van der Waals surface area contributed by atoms with Gasteiger partial charge >= 0.3 is 12.2 Å². The maximum Gasteiger partial charge on any atom is 0.422 e. The Kier molecular flexibility index (Phi) is 6.06. The predicted octanol–water partition coefficient (Wildman–Crippen LogP) is 1.64. The molecule has 1 saturated heterocycles. The largest absolute Gasteiger partial charge is 0.450 e. The summed E-state index contributed by atoms with van der Waals surface area (Å²) >= 11 is 0. The van der Waals surface area contributed by atoms with Crippen molar-refractivity contribution in [2.24, 2.45) is 0 Å². The van der Waals surface area contributed by atoms with Crippen molar-refractivity contribution < 1.29 is 19.1 Å². The van der Waals surface area contributed by atoms with Gasteiger partial charge in [0.2, 0.25) is 0 Å². The summed E-state index contributed by atoms with van der Waals surface area (Å²) in [6, 6.07) is 0.000625. The maximum absolute atomic E-state index is 11.6. The number of likely N-dealkylation sites (tertiary alicyclic amines) is 1. The smallest absolute Gasteiger partial charge is 0.422 e. The molecule has 0 radical (unpaired) electrons. The predicted molar refractivity (Wildman–Crippen MR) is 74.1 cm³/mol. The zero-order valence-corrected chi connectivity index (χ0v) is 12.7. The van der Waals surface area contributed by atoms with E-state index in [2.05, 4.69) is 10.9 Å². The first-order valence-electron chi connectivity index (χ1n) is 6.98. The number of carbonyl (C=O) groups is 2. The molecule has 7 nitrogen and oxygen atoms in total. The molecule has 1 fully saturated rings. The van der Waals surface area contributed by atoms with E-state index in [1.165, 1.54) is 0 Å². The van der Waals surface area contributed by atoms with Crippen LogP contribution in [-0.2, 0) is 9.47 Å². The third kappa shape index (κ3) is 6.10. The molecule has 0 bridgehead atoms. The molecule has 0 aromatic carbocycles. The molecular weight excluding hydrogens is 262 g/mol. The highest BCUT2D eigenvalue weighted by Crippen LogP contribution is 2.11. The highest BCUT2D eigenvalue weighted by atomic mass is 16.6. The number of hydrazine groups is 1. The lowest BCUT2D eigenvalue weighted by Gasteiger charge is -2.32. The van der Waals surface area contributed by atoms with Gasteiger partial charge in [-0.2, -0.15) is 0 Å². The minimum atomic E-state index is -0.532. The number of nitrogens with one attached hydrogen (secondary N) is 2. The van der Waals surface area contributed by atoms with E-state index < -0.39 is 11.7 Å². The van der Waals surface area contributed by atoms with Crippen LogP contribution in [0.5, 0.6) is 0 Å². The average Bonchev–Trinajstić information content (AvgIpc) is 2.35. The summed E-state index contributed by atoms with van der Waals surface area (Å²) in [6.45, 7) is 8.74. The van der Waals surface area contributed by atoms with Crippen molar-refractivity contribution >= 4 is 12.2 Å². The second-order valence-electron chi connectivity index (χ2n) is 5.76. The Hall–Kier alpha value is -1.50.